The summed E-state index contributed by atoms with van der Waals surface area (Å²) in [7, 11) is 0. The number of ether oxygens (including phenoxy) is 1. The van der Waals surface area contributed by atoms with Crippen LogP contribution >= 0.6 is 0 Å². The summed E-state index contributed by atoms with van der Waals surface area (Å²) in [5.41, 5.74) is 2.66. The van der Waals surface area contributed by atoms with E-state index in [2.05, 4.69) is 20.3 Å². The lowest BCUT2D eigenvalue weighted by Crippen LogP contribution is -2.46. The van der Waals surface area contributed by atoms with E-state index >= 15 is 0 Å². The number of carbonyl (C=O) groups is 1. The fraction of sp³-hybridized carbons (Fsp3) is 0.385. The molecule has 0 spiro atoms. The van der Waals surface area contributed by atoms with Gasteiger partial charge in [0.1, 0.15) is 5.82 Å². The van der Waals surface area contributed by atoms with Gasteiger partial charge in [0.25, 0.3) is 0 Å². The number of aromatic amines is 1. The number of halogens is 1. The van der Waals surface area contributed by atoms with Gasteiger partial charge in [-0.3, -0.25) is 10.4 Å². The van der Waals surface area contributed by atoms with E-state index in [0.29, 0.717) is 19.6 Å². The van der Waals surface area contributed by atoms with Crippen molar-refractivity contribution in [2.75, 3.05) is 19.7 Å². The van der Waals surface area contributed by atoms with Crippen LogP contribution in [0.3, 0.4) is 0 Å². The molecule has 8 nitrogen and oxygen atoms in total. The Labute approximate surface area is 205 Å². The van der Waals surface area contributed by atoms with Crippen LogP contribution in [0, 0.1) is 11.2 Å². The number of guanidine groups is 1. The molecule has 1 amide bonds. The fourth-order valence-corrected chi connectivity index (χ4v) is 3.70. The number of unbranched alkanes of at least 4 members (excludes halogenated alkanes) is 1. The van der Waals surface area contributed by atoms with Gasteiger partial charge in [-0.15, -0.1) is 0 Å². The third kappa shape index (κ3) is 8.20. The Hall–Kier alpha value is -3.75. The molecule has 0 aliphatic rings. The van der Waals surface area contributed by atoms with Gasteiger partial charge in [0.15, 0.2) is 0 Å². The highest BCUT2D eigenvalue weighted by Crippen LogP contribution is 2.27. The van der Waals surface area contributed by atoms with Crippen LogP contribution in [0.1, 0.15) is 55.5 Å². The highest BCUT2D eigenvalue weighted by molar-refractivity contribution is 5.92. The molecule has 1 unspecified atom stereocenters. The van der Waals surface area contributed by atoms with E-state index in [1.54, 1.807) is 24.7 Å². The second kappa shape index (κ2) is 13.8. The van der Waals surface area contributed by atoms with Crippen LogP contribution < -0.4 is 5.32 Å². The van der Waals surface area contributed by atoms with Crippen molar-refractivity contribution in [1.82, 2.24) is 25.2 Å². The van der Waals surface area contributed by atoms with Gasteiger partial charge in [-0.1, -0.05) is 31.5 Å². The fourth-order valence-electron chi connectivity index (χ4n) is 3.70. The second-order valence-electron chi connectivity index (χ2n) is 8.21. The summed E-state index contributed by atoms with van der Waals surface area (Å²) in [5, 5.41) is 11.6. The molecule has 35 heavy (non-hydrogen) atoms. The quantitative estimate of drug-likeness (QED) is 0.195. The molecule has 2 heterocycles. The van der Waals surface area contributed by atoms with E-state index in [9.17, 15) is 9.18 Å². The van der Waals surface area contributed by atoms with Gasteiger partial charge in [-0.25, -0.2) is 19.1 Å². The van der Waals surface area contributed by atoms with Gasteiger partial charge < -0.3 is 15.0 Å². The number of hydrogen-bond acceptors (Lipinski definition) is 5. The average Bonchev–Trinajstić information content (AvgIpc) is 3.39. The molecule has 3 rings (SSSR count). The van der Waals surface area contributed by atoms with Crippen LogP contribution in [-0.4, -0.2) is 51.6 Å². The number of rotatable bonds is 12. The molecule has 3 aromatic rings. The molecule has 3 N–H and O–H groups in total. The number of hydrogen-bond donors (Lipinski definition) is 3. The molecule has 0 aliphatic carbocycles. The molecule has 9 heteroatoms. The highest BCUT2D eigenvalue weighted by atomic mass is 19.1. The molecule has 0 saturated carbocycles. The third-order valence-electron chi connectivity index (χ3n) is 5.63. The van der Waals surface area contributed by atoms with Crippen molar-refractivity contribution in [1.29, 1.82) is 5.41 Å². The normalized spacial score (nSPS) is 11.6. The first kappa shape index (κ1) is 25.9. The van der Waals surface area contributed by atoms with Gasteiger partial charge in [-0.05, 0) is 55.5 Å². The zero-order chi connectivity index (χ0) is 24.9. The van der Waals surface area contributed by atoms with Crippen LogP contribution in [0.2, 0.25) is 0 Å². The lowest BCUT2D eigenvalue weighted by atomic mass is 9.92. The summed E-state index contributed by atoms with van der Waals surface area (Å²) >= 11 is 0. The standard InChI is InChI=1S/C26H33FN6O2/c1-2-3-17-35-26(34)33(25(28)31-15-6-7-22-18-29-19-32-22)16-13-23(24-8-4-5-14-30-24)20-9-11-21(27)12-10-20/h4-5,8-12,14,18-19,23H,2-3,6-7,13,15-17H2,1H3,(H2,28,31)(H,29,32). The van der Waals surface area contributed by atoms with Gasteiger partial charge in [-0.2, -0.15) is 0 Å². The molecule has 0 fully saturated rings. The number of aryl methyl sites for hydroxylation is 1. The van der Waals surface area contributed by atoms with Gasteiger partial charge >= 0.3 is 6.09 Å². The summed E-state index contributed by atoms with van der Waals surface area (Å²) in [6, 6.07) is 12.0. The number of amides is 1. The van der Waals surface area contributed by atoms with Crippen LogP contribution in [0.4, 0.5) is 9.18 Å². The number of nitrogens with zero attached hydrogens (tertiary/aromatic N) is 3. The molecule has 0 bridgehead atoms. The zero-order valence-electron chi connectivity index (χ0n) is 20.0. The number of imidazole rings is 1. The van der Waals surface area contributed by atoms with E-state index in [-0.39, 0.29) is 24.2 Å². The number of pyridine rings is 1. The van der Waals surface area contributed by atoms with E-state index < -0.39 is 6.09 Å². The van der Waals surface area contributed by atoms with Gasteiger partial charge in [0.05, 0.1) is 18.6 Å². The Balaban J connectivity index is 1.68. The zero-order valence-corrected chi connectivity index (χ0v) is 20.0. The van der Waals surface area contributed by atoms with Crippen LogP contribution in [-0.2, 0) is 11.2 Å². The summed E-state index contributed by atoms with van der Waals surface area (Å²) in [6.45, 7) is 3.09. The number of H-pyrrole nitrogens is 1. The van der Waals surface area contributed by atoms with Crippen LogP contribution in [0.5, 0.6) is 0 Å². The van der Waals surface area contributed by atoms with E-state index in [1.807, 2.05) is 31.3 Å². The number of nitrogens with one attached hydrogen (secondary N) is 3. The third-order valence-corrected chi connectivity index (χ3v) is 5.63. The highest BCUT2D eigenvalue weighted by Gasteiger charge is 2.23. The van der Waals surface area contributed by atoms with Gasteiger partial charge in [0.2, 0.25) is 5.96 Å². The molecule has 0 aliphatic heterocycles. The lowest BCUT2D eigenvalue weighted by molar-refractivity contribution is 0.119. The average molecular weight is 481 g/mol. The van der Waals surface area contributed by atoms with Crippen molar-refractivity contribution in [2.24, 2.45) is 0 Å². The SMILES string of the molecule is CCCCOC(=O)N(CCC(c1ccc(F)cc1)c1ccccn1)C(=N)NCCCc1c[nH]cn1. The van der Waals surface area contributed by atoms with E-state index in [4.69, 9.17) is 10.1 Å². The number of benzene rings is 1. The minimum atomic E-state index is -0.554. The first-order chi connectivity index (χ1) is 17.1. The molecule has 2 aromatic heterocycles. The molecule has 1 aromatic carbocycles. The topological polar surface area (TPSA) is 107 Å². The van der Waals surface area contributed by atoms with E-state index in [0.717, 1.165) is 42.6 Å². The minimum Gasteiger partial charge on any atom is -0.449 e. The molecule has 1 atom stereocenters. The molecular weight excluding hydrogens is 447 g/mol. The minimum absolute atomic E-state index is 0.00703. The monoisotopic (exact) mass is 480 g/mol. The van der Waals surface area contributed by atoms with E-state index in [1.165, 1.54) is 17.0 Å². The molecule has 186 valence electrons. The Bertz CT molecular complexity index is 1030. The Morgan fingerprint density at radius 2 is 2.03 bits per heavy atom. The van der Waals surface area contributed by atoms with Crippen molar-refractivity contribution in [2.45, 2.75) is 44.9 Å². The molecule has 0 saturated heterocycles. The Morgan fingerprint density at radius 1 is 1.20 bits per heavy atom. The first-order valence-electron chi connectivity index (χ1n) is 12.0. The predicted octanol–water partition coefficient (Wildman–Crippen LogP) is 4.86. The maximum atomic E-state index is 13.5. The summed E-state index contributed by atoms with van der Waals surface area (Å²) in [6.07, 6.45) is 8.32. The lowest BCUT2D eigenvalue weighted by Gasteiger charge is -2.26. The maximum absolute atomic E-state index is 13.5. The summed E-state index contributed by atoms with van der Waals surface area (Å²) < 4.78 is 19.0. The Kier molecular flexibility index (Phi) is 10.2. The molecular formula is C26H33FN6O2. The first-order valence-corrected chi connectivity index (χ1v) is 12.0. The van der Waals surface area contributed by atoms with Crippen molar-refractivity contribution < 1.29 is 13.9 Å². The molecule has 0 radical (unpaired) electrons. The van der Waals surface area contributed by atoms with Crippen molar-refractivity contribution in [3.8, 4) is 0 Å². The number of carbonyl (C=O) groups excluding carboxylic acids is 1. The van der Waals surface area contributed by atoms with Crippen LogP contribution in [0.25, 0.3) is 0 Å². The predicted molar refractivity (Wildman–Crippen MR) is 133 cm³/mol. The largest absolute Gasteiger partial charge is 0.449 e. The second-order valence-corrected chi connectivity index (χ2v) is 8.21. The van der Waals surface area contributed by atoms with Gasteiger partial charge in [0, 0.05) is 37.1 Å². The van der Waals surface area contributed by atoms with Crippen molar-refractivity contribution >= 4 is 12.1 Å². The Morgan fingerprint density at radius 3 is 2.71 bits per heavy atom. The van der Waals surface area contributed by atoms with Crippen molar-refractivity contribution in [3.63, 3.8) is 0 Å². The van der Waals surface area contributed by atoms with Crippen molar-refractivity contribution in [3.05, 3.63) is 84.0 Å². The number of aromatic nitrogens is 3. The maximum Gasteiger partial charge on any atom is 0.416 e. The van der Waals surface area contributed by atoms with Crippen LogP contribution in [0.15, 0.2) is 61.2 Å². The summed E-state index contributed by atoms with van der Waals surface area (Å²) in [4.78, 5) is 25.8. The smallest absolute Gasteiger partial charge is 0.416 e. The summed E-state index contributed by atoms with van der Waals surface area (Å²) in [5.74, 6) is -0.488.